The number of benzene rings is 1. The summed E-state index contributed by atoms with van der Waals surface area (Å²) >= 11 is 7.99. The third-order valence-electron chi connectivity index (χ3n) is 1.75. The molecule has 2 nitrogen and oxygen atoms in total. The average Bonchev–Trinajstić information content (AvgIpc) is 2.22. The van der Waals surface area contributed by atoms with E-state index < -0.39 is 0 Å². The van der Waals surface area contributed by atoms with Crippen molar-refractivity contribution in [2.24, 2.45) is 0 Å². The van der Waals surface area contributed by atoms with Crippen LogP contribution in [0, 0.1) is 3.57 Å². The molecule has 1 aromatic heterocycles. The predicted octanol–water partition coefficient (Wildman–Crippen LogP) is 4.13. The van der Waals surface area contributed by atoms with Crippen molar-refractivity contribution >= 4 is 34.2 Å². The SMILES string of the molecule is Clc1cc(Oc2ccc(I)cc2)ccn1. The van der Waals surface area contributed by atoms with E-state index >= 15 is 0 Å². The van der Waals surface area contributed by atoms with Crippen LogP contribution in [-0.4, -0.2) is 4.98 Å². The van der Waals surface area contributed by atoms with Crippen molar-refractivity contribution in [3.05, 3.63) is 51.3 Å². The van der Waals surface area contributed by atoms with Gasteiger partial charge in [0.05, 0.1) is 0 Å². The largest absolute Gasteiger partial charge is 0.457 e. The Morgan fingerprint density at radius 2 is 1.80 bits per heavy atom. The fourth-order valence-electron chi connectivity index (χ4n) is 1.09. The van der Waals surface area contributed by atoms with Gasteiger partial charge in [0.15, 0.2) is 0 Å². The van der Waals surface area contributed by atoms with Crippen LogP contribution >= 0.6 is 34.2 Å². The highest BCUT2D eigenvalue weighted by molar-refractivity contribution is 14.1. The average molecular weight is 332 g/mol. The van der Waals surface area contributed by atoms with E-state index in [9.17, 15) is 0 Å². The number of aromatic nitrogens is 1. The first kappa shape index (κ1) is 10.7. The lowest BCUT2D eigenvalue weighted by atomic mass is 10.3. The smallest absolute Gasteiger partial charge is 0.132 e. The molecule has 2 aromatic rings. The van der Waals surface area contributed by atoms with Crippen molar-refractivity contribution in [3.63, 3.8) is 0 Å². The van der Waals surface area contributed by atoms with Gasteiger partial charge < -0.3 is 4.74 Å². The van der Waals surface area contributed by atoms with E-state index in [0.717, 1.165) is 5.75 Å². The number of pyridine rings is 1. The minimum absolute atomic E-state index is 0.429. The van der Waals surface area contributed by atoms with Gasteiger partial charge in [0.1, 0.15) is 16.7 Å². The Kier molecular flexibility index (Phi) is 3.43. The molecule has 0 radical (unpaired) electrons. The van der Waals surface area contributed by atoms with Gasteiger partial charge in [-0.2, -0.15) is 0 Å². The lowest BCUT2D eigenvalue weighted by molar-refractivity contribution is 0.482. The summed E-state index contributed by atoms with van der Waals surface area (Å²) in [5, 5.41) is 0.429. The molecule has 0 bridgehead atoms. The van der Waals surface area contributed by atoms with Crippen molar-refractivity contribution in [1.29, 1.82) is 0 Å². The summed E-state index contributed by atoms with van der Waals surface area (Å²) in [7, 11) is 0. The lowest BCUT2D eigenvalue weighted by Crippen LogP contribution is -1.84. The molecule has 76 valence electrons. The third-order valence-corrected chi connectivity index (χ3v) is 2.67. The summed E-state index contributed by atoms with van der Waals surface area (Å²) in [6.07, 6.45) is 1.62. The molecule has 0 amide bonds. The highest BCUT2D eigenvalue weighted by atomic mass is 127. The molecule has 2 rings (SSSR count). The first-order chi connectivity index (χ1) is 7.24. The molecule has 4 heteroatoms. The molecular weight excluding hydrogens is 324 g/mol. The molecule has 0 unspecified atom stereocenters. The van der Waals surface area contributed by atoms with Gasteiger partial charge in [-0.15, -0.1) is 0 Å². The van der Waals surface area contributed by atoms with Gasteiger partial charge in [-0.25, -0.2) is 4.98 Å². The van der Waals surface area contributed by atoms with Gasteiger partial charge in [-0.3, -0.25) is 0 Å². The lowest BCUT2D eigenvalue weighted by Gasteiger charge is -2.05. The second kappa shape index (κ2) is 4.81. The summed E-state index contributed by atoms with van der Waals surface area (Å²) in [5.74, 6) is 1.48. The normalized spacial score (nSPS) is 10.0. The van der Waals surface area contributed by atoms with Crippen LogP contribution in [0.1, 0.15) is 0 Å². The van der Waals surface area contributed by atoms with E-state index in [-0.39, 0.29) is 0 Å². The molecule has 0 N–H and O–H groups in total. The van der Waals surface area contributed by atoms with Crippen molar-refractivity contribution in [2.75, 3.05) is 0 Å². The Hall–Kier alpha value is -0.810. The van der Waals surface area contributed by atoms with Gasteiger partial charge >= 0.3 is 0 Å². The highest BCUT2D eigenvalue weighted by Crippen LogP contribution is 2.23. The molecular formula is C11H7ClINO. The van der Waals surface area contributed by atoms with Crippen LogP contribution in [0.5, 0.6) is 11.5 Å². The first-order valence-corrected chi connectivity index (χ1v) is 5.75. The highest BCUT2D eigenvalue weighted by Gasteiger charge is 1.98. The molecule has 0 atom stereocenters. The summed E-state index contributed by atoms with van der Waals surface area (Å²) in [5.41, 5.74) is 0. The molecule has 1 heterocycles. The van der Waals surface area contributed by atoms with Crippen molar-refractivity contribution in [3.8, 4) is 11.5 Å². The number of halogens is 2. The van der Waals surface area contributed by atoms with Crippen LogP contribution in [-0.2, 0) is 0 Å². The minimum Gasteiger partial charge on any atom is -0.457 e. The Morgan fingerprint density at radius 3 is 2.47 bits per heavy atom. The molecule has 0 aliphatic heterocycles. The minimum atomic E-state index is 0.429. The molecule has 0 saturated carbocycles. The Labute approximate surface area is 106 Å². The Balaban J connectivity index is 2.18. The van der Waals surface area contributed by atoms with Crippen LogP contribution in [0.15, 0.2) is 42.6 Å². The standard InChI is InChI=1S/C11H7ClINO/c12-11-7-10(5-6-14-11)15-9-3-1-8(13)2-4-9/h1-7H. The third kappa shape index (κ3) is 3.07. The second-order valence-corrected chi connectivity index (χ2v) is 4.50. The van der Waals surface area contributed by atoms with Gasteiger partial charge in [-0.05, 0) is 52.9 Å². The maximum absolute atomic E-state index is 5.74. The van der Waals surface area contributed by atoms with Crippen LogP contribution < -0.4 is 4.74 Å². The van der Waals surface area contributed by atoms with E-state index in [2.05, 4.69) is 27.6 Å². The van der Waals surface area contributed by atoms with Crippen molar-refractivity contribution < 1.29 is 4.74 Å². The monoisotopic (exact) mass is 331 g/mol. The Bertz CT molecular complexity index is 458. The van der Waals surface area contributed by atoms with E-state index in [1.54, 1.807) is 18.3 Å². The van der Waals surface area contributed by atoms with Gasteiger partial charge in [0.25, 0.3) is 0 Å². The number of hydrogen-bond acceptors (Lipinski definition) is 2. The molecule has 0 fully saturated rings. The van der Waals surface area contributed by atoms with E-state index in [1.807, 2.05) is 24.3 Å². The topological polar surface area (TPSA) is 22.1 Å². The molecule has 1 aromatic carbocycles. The van der Waals surface area contributed by atoms with Crippen molar-refractivity contribution in [1.82, 2.24) is 4.98 Å². The number of rotatable bonds is 2. The zero-order valence-electron chi connectivity index (χ0n) is 7.65. The Morgan fingerprint density at radius 1 is 1.07 bits per heavy atom. The van der Waals surface area contributed by atoms with E-state index in [1.165, 1.54) is 3.57 Å². The summed E-state index contributed by atoms with van der Waals surface area (Å²) in [6.45, 7) is 0. The zero-order chi connectivity index (χ0) is 10.7. The van der Waals surface area contributed by atoms with Crippen LogP contribution in [0.3, 0.4) is 0 Å². The maximum atomic E-state index is 5.74. The summed E-state index contributed by atoms with van der Waals surface area (Å²) < 4.78 is 6.76. The van der Waals surface area contributed by atoms with Crippen LogP contribution in [0.4, 0.5) is 0 Å². The quantitative estimate of drug-likeness (QED) is 0.610. The number of nitrogens with zero attached hydrogens (tertiary/aromatic N) is 1. The fourth-order valence-corrected chi connectivity index (χ4v) is 1.61. The summed E-state index contributed by atoms with van der Waals surface area (Å²) in [4.78, 5) is 3.88. The molecule has 0 spiro atoms. The maximum Gasteiger partial charge on any atom is 0.132 e. The molecule has 15 heavy (non-hydrogen) atoms. The summed E-state index contributed by atoms with van der Waals surface area (Å²) in [6, 6.07) is 11.2. The van der Waals surface area contributed by atoms with Crippen LogP contribution in [0.2, 0.25) is 5.15 Å². The van der Waals surface area contributed by atoms with Gasteiger partial charge in [0, 0.05) is 15.8 Å². The predicted molar refractivity (Wildman–Crippen MR) is 68.5 cm³/mol. The first-order valence-electron chi connectivity index (χ1n) is 4.29. The number of ether oxygens (including phenoxy) is 1. The fraction of sp³-hybridized carbons (Fsp3) is 0. The molecule has 0 saturated heterocycles. The van der Waals surface area contributed by atoms with Crippen LogP contribution in [0.25, 0.3) is 0 Å². The van der Waals surface area contributed by atoms with E-state index in [0.29, 0.717) is 10.9 Å². The molecule has 0 aliphatic carbocycles. The van der Waals surface area contributed by atoms with Gasteiger partial charge in [-0.1, -0.05) is 11.6 Å². The van der Waals surface area contributed by atoms with Gasteiger partial charge in [0.2, 0.25) is 0 Å². The zero-order valence-corrected chi connectivity index (χ0v) is 10.6. The number of hydrogen-bond donors (Lipinski definition) is 0. The van der Waals surface area contributed by atoms with Crippen molar-refractivity contribution in [2.45, 2.75) is 0 Å². The van der Waals surface area contributed by atoms with E-state index in [4.69, 9.17) is 16.3 Å². The molecule has 0 aliphatic rings. The second-order valence-electron chi connectivity index (χ2n) is 2.87.